The summed E-state index contributed by atoms with van der Waals surface area (Å²) < 4.78 is 2.23. The number of carbonyl (C=O) groups is 2. The zero-order valence-electron chi connectivity index (χ0n) is 13.6. The van der Waals surface area contributed by atoms with Crippen LogP contribution in [-0.4, -0.2) is 49.8 Å². The van der Waals surface area contributed by atoms with E-state index >= 15 is 0 Å². The lowest BCUT2D eigenvalue weighted by atomic mass is 10.1. The van der Waals surface area contributed by atoms with Crippen LogP contribution in [-0.2, 0) is 0 Å². The topological polar surface area (TPSA) is 40.6 Å². The minimum atomic E-state index is -0.0215. The van der Waals surface area contributed by atoms with Gasteiger partial charge in [-0.05, 0) is 36.4 Å². The Morgan fingerprint density at radius 2 is 1.13 bits per heavy atom. The first kappa shape index (κ1) is 15.5. The summed E-state index contributed by atoms with van der Waals surface area (Å²) in [6.45, 7) is 0. The fourth-order valence-corrected chi connectivity index (χ4v) is 3.63. The van der Waals surface area contributed by atoms with E-state index in [4.69, 9.17) is 0 Å². The Hall–Kier alpha value is -2.40. The van der Waals surface area contributed by atoms with Crippen LogP contribution in [0.25, 0.3) is 20.2 Å². The van der Waals surface area contributed by atoms with Crippen molar-refractivity contribution < 1.29 is 9.59 Å². The molecule has 5 heteroatoms. The van der Waals surface area contributed by atoms with Crippen LogP contribution in [0.5, 0.6) is 0 Å². The number of fused-ring (bicyclic) bond motifs is 3. The lowest BCUT2D eigenvalue weighted by Crippen LogP contribution is -2.21. The smallest absolute Gasteiger partial charge is 0.253 e. The van der Waals surface area contributed by atoms with Crippen LogP contribution in [0, 0.1) is 0 Å². The maximum absolute atomic E-state index is 12.2. The van der Waals surface area contributed by atoms with Crippen LogP contribution < -0.4 is 0 Å². The molecule has 3 aromatic rings. The molecule has 2 aromatic carbocycles. The third-order valence-corrected chi connectivity index (χ3v) is 4.93. The molecule has 0 N–H and O–H groups in total. The Labute approximate surface area is 138 Å². The number of amides is 2. The molecule has 0 bridgehead atoms. The summed E-state index contributed by atoms with van der Waals surface area (Å²) in [6.07, 6.45) is 0. The molecule has 3 rings (SSSR count). The van der Waals surface area contributed by atoms with Crippen molar-refractivity contribution in [2.75, 3.05) is 28.2 Å². The Morgan fingerprint density at radius 3 is 1.48 bits per heavy atom. The minimum Gasteiger partial charge on any atom is -0.345 e. The van der Waals surface area contributed by atoms with Gasteiger partial charge in [0.1, 0.15) is 0 Å². The largest absolute Gasteiger partial charge is 0.345 e. The maximum Gasteiger partial charge on any atom is 0.253 e. The van der Waals surface area contributed by atoms with E-state index in [0.29, 0.717) is 11.1 Å². The van der Waals surface area contributed by atoms with E-state index in [2.05, 4.69) is 0 Å². The number of hydrogen-bond donors (Lipinski definition) is 0. The number of nitrogens with zero attached hydrogens (tertiary/aromatic N) is 2. The molecule has 0 aliphatic carbocycles. The Bertz CT molecular complexity index is 851. The first-order valence-electron chi connectivity index (χ1n) is 7.28. The van der Waals surface area contributed by atoms with Gasteiger partial charge in [0.25, 0.3) is 11.8 Å². The van der Waals surface area contributed by atoms with E-state index < -0.39 is 0 Å². The molecule has 0 unspecified atom stereocenters. The molecule has 0 aliphatic rings. The van der Waals surface area contributed by atoms with Gasteiger partial charge in [0.2, 0.25) is 0 Å². The maximum atomic E-state index is 12.2. The van der Waals surface area contributed by atoms with E-state index in [-0.39, 0.29) is 11.8 Å². The molecule has 0 aliphatic heterocycles. The lowest BCUT2D eigenvalue weighted by molar-refractivity contribution is 0.0820. The third kappa shape index (κ3) is 2.68. The summed E-state index contributed by atoms with van der Waals surface area (Å²) in [7, 11) is 6.97. The summed E-state index contributed by atoms with van der Waals surface area (Å²) >= 11 is 1.67. The highest BCUT2D eigenvalue weighted by atomic mass is 32.1. The Balaban J connectivity index is 2.21. The zero-order valence-corrected chi connectivity index (χ0v) is 14.4. The molecule has 0 spiro atoms. The summed E-state index contributed by atoms with van der Waals surface area (Å²) in [5.74, 6) is -0.0430. The lowest BCUT2D eigenvalue weighted by Gasteiger charge is -2.10. The highest BCUT2D eigenvalue weighted by molar-refractivity contribution is 7.25. The predicted molar refractivity (Wildman–Crippen MR) is 95.4 cm³/mol. The number of thiophene rings is 1. The number of benzene rings is 2. The quantitative estimate of drug-likeness (QED) is 0.723. The second-order valence-electron chi connectivity index (χ2n) is 5.92. The van der Waals surface area contributed by atoms with Crippen molar-refractivity contribution in [1.82, 2.24) is 9.80 Å². The normalized spacial score (nSPS) is 11.0. The molecule has 2 amide bonds. The van der Waals surface area contributed by atoms with Gasteiger partial charge in [0, 0.05) is 59.5 Å². The monoisotopic (exact) mass is 326 g/mol. The minimum absolute atomic E-state index is 0.0215. The summed E-state index contributed by atoms with van der Waals surface area (Å²) in [5, 5.41) is 2.04. The average molecular weight is 326 g/mol. The molecule has 4 nitrogen and oxygen atoms in total. The Morgan fingerprint density at radius 1 is 0.739 bits per heavy atom. The van der Waals surface area contributed by atoms with E-state index in [1.165, 1.54) is 0 Å². The second-order valence-corrected chi connectivity index (χ2v) is 7.01. The second kappa shape index (κ2) is 5.66. The van der Waals surface area contributed by atoms with Crippen molar-refractivity contribution in [2.45, 2.75) is 0 Å². The van der Waals surface area contributed by atoms with E-state index in [9.17, 15) is 9.59 Å². The first-order valence-corrected chi connectivity index (χ1v) is 8.10. The van der Waals surface area contributed by atoms with Gasteiger partial charge in [-0.1, -0.05) is 0 Å². The van der Waals surface area contributed by atoms with Crippen molar-refractivity contribution in [3.8, 4) is 0 Å². The van der Waals surface area contributed by atoms with E-state index in [1.54, 1.807) is 49.3 Å². The molecule has 1 heterocycles. The van der Waals surface area contributed by atoms with Crippen molar-refractivity contribution in [1.29, 1.82) is 0 Å². The fourth-order valence-electron chi connectivity index (χ4n) is 2.56. The van der Waals surface area contributed by atoms with Crippen LogP contribution in [0.1, 0.15) is 20.7 Å². The van der Waals surface area contributed by atoms with Gasteiger partial charge in [0.05, 0.1) is 0 Å². The van der Waals surface area contributed by atoms with Gasteiger partial charge < -0.3 is 9.80 Å². The fraction of sp³-hybridized carbons (Fsp3) is 0.222. The summed E-state index contributed by atoms with van der Waals surface area (Å²) in [6, 6.07) is 11.5. The van der Waals surface area contributed by atoms with Crippen molar-refractivity contribution in [3.63, 3.8) is 0 Å². The van der Waals surface area contributed by atoms with Crippen molar-refractivity contribution >= 4 is 43.3 Å². The molecular formula is C18H18N2O2S. The molecule has 23 heavy (non-hydrogen) atoms. The van der Waals surface area contributed by atoms with Crippen LogP contribution in [0.2, 0.25) is 0 Å². The van der Waals surface area contributed by atoms with Gasteiger partial charge in [-0.3, -0.25) is 9.59 Å². The molecule has 0 atom stereocenters. The van der Waals surface area contributed by atoms with Gasteiger partial charge >= 0.3 is 0 Å². The van der Waals surface area contributed by atoms with Gasteiger partial charge in [-0.15, -0.1) is 11.3 Å². The SMILES string of the molecule is CN(C)C(=O)c1ccc2sc3ccc(C(=O)N(C)C)cc3c2c1. The molecule has 0 radical (unpaired) electrons. The standard InChI is InChI=1S/C18H18N2O2S/c1-19(2)17(21)11-5-7-15-13(9-11)14-10-12(18(22)20(3)4)6-8-16(14)23-15/h5-10H,1-4H3. The number of hydrogen-bond acceptors (Lipinski definition) is 3. The molecule has 0 saturated heterocycles. The summed E-state index contributed by atoms with van der Waals surface area (Å²) in [5.41, 5.74) is 1.32. The highest BCUT2D eigenvalue weighted by Gasteiger charge is 2.14. The van der Waals surface area contributed by atoms with Gasteiger partial charge in [-0.25, -0.2) is 0 Å². The Kier molecular flexibility index (Phi) is 3.82. The van der Waals surface area contributed by atoms with E-state index in [1.807, 2.05) is 36.4 Å². The van der Waals surface area contributed by atoms with E-state index in [0.717, 1.165) is 20.2 Å². The van der Waals surface area contributed by atoms with Gasteiger partial charge in [0.15, 0.2) is 0 Å². The predicted octanol–water partition coefficient (Wildman–Crippen LogP) is 3.46. The third-order valence-electron chi connectivity index (χ3n) is 3.78. The van der Waals surface area contributed by atoms with Crippen LogP contribution in [0.15, 0.2) is 36.4 Å². The number of rotatable bonds is 2. The average Bonchev–Trinajstić information content (AvgIpc) is 2.90. The van der Waals surface area contributed by atoms with Crippen LogP contribution in [0.3, 0.4) is 0 Å². The molecule has 1 aromatic heterocycles. The van der Waals surface area contributed by atoms with Crippen LogP contribution >= 0.6 is 11.3 Å². The highest BCUT2D eigenvalue weighted by Crippen LogP contribution is 2.35. The molecule has 0 saturated carbocycles. The molecular weight excluding hydrogens is 308 g/mol. The van der Waals surface area contributed by atoms with Crippen LogP contribution in [0.4, 0.5) is 0 Å². The zero-order chi connectivity index (χ0) is 16.7. The van der Waals surface area contributed by atoms with Crippen molar-refractivity contribution in [2.24, 2.45) is 0 Å². The van der Waals surface area contributed by atoms with Gasteiger partial charge in [-0.2, -0.15) is 0 Å². The first-order chi connectivity index (χ1) is 10.9. The molecule has 0 fully saturated rings. The van der Waals surface area contributed by atoms with Crippen molar-refractivity contribution in [3.05, 3.63) is 47.5 Å². The summed E-state index contributed by atoms with van der Waals surface area (Å²) in [4.78, 5) is 27.5. The number of carbonyl (C=O) groups excluding carboxylic acids is 2. The molecule has 118 valence electrons.